The van der Waals surface area contributed by atoms with Gasteiger partial charge in [-0.2, -0.15) is 0 Å². The molecule has 18 heavy (non-hydrogen) atoms. The van der Waals surface area contributed by atoms with Crippen molar-refractivity contribution < 1.29 is 8.42 Å². The third-order valence-electron chi connectivity index (χ3n) is 2.47. The molecule has 0 amide bonds. The van der Waals surface area contributed by atoms with Crippen LogP contribution in [0.5, 0.6) is 0 Å². The van der Waals surface area contributed by atoms with Gasteiger partial charge >= 0.3 is 5.69 Å². The number of aromatic amines is 1. The number of hydrogen-bond acceptors (Lipinski definition) is 4. The fraction of sp³-hybridized carbons (Fsp3) is 0.600. The Morgan fingerprint density at radius 3 is 2.50 bits per heavy atom. The predicted octanol–water partition coefficient (Wildman–Crippen LogP) is -0.380. The van der Waals surface area contributed by atoms with Gasteiger partial charge in [-0.15, -0.1) is 0 Å². The smallest absolute Gasteiger partial charge is 0.299 e. The maximum Gasteiger partial charge on any atom is 0.328 e. The highest BCUT2D eigenvalue weighted by Crippen LogP contribution is 2.04. The van der Waals surface area contributed by atoms with E-state index in [4.69, 9.17) is 5.14 Å². The summed E-state index contributed by atoms with van der Waals surface area (Å²) in [5.74, 6) is 0.487. The second-order valence-electron chi connectivity index (χ2n) is 4.53. The molecule has 0 aromatic carbocycles. The Morgan fingerprint density at radius 1 is 1.39 bits per heavy atom. The SMILES string of the molecule is CC(C)CCCn1cc(S(N)(=O)=O)c(=O)[nH]c1=O. The van der Waals surface area contributed by atoms with Gasteiger partial charge in [-0.3, -0.25) is 14.3 Å². The van der Waals surface area contributed by atoms with Crippen molar-refractivity contribution in [2.24, 2.45) is 11.1 Å². The molecule has 102 valence electrons. The van der Waals surface area contributed by atoms with E-state index in [1.54, 1.807) is 0 Å². The molecule has 3 N–H and O–H groups in total. The minimum Gasteiger partial charge on any atom is -0.299 e. The number of nitrogens with two attached hydrogens (primary N) is 1. The summed E-state index contributed by atoms with van der Waals surface area (Å²) in [6, 6.07) is 0. The monoisotopic (exact) mass is 275 g/mol. The van der Waals surface area contributed by atoms with E-state index in [1.807, 2.05) is 18.8 Å². The minimum absolute atomic E-state index is 0.344. The summed E-state index contributed by atoms with van der Waals surface area (Å²) in [6.45, 7) is 4.44. The first-order valence-corrected chi connectivity index (χ1v) is 7.13. The number of H-pyrrole nitrogens is 1. The Kier molecular flexibility index (Phi) is 4.47. The Bertz CT molecular complexity index is 627. The van der Waals surface area contributed by atoms with E-state index in [0.29, 0.717) is 18.9 Å². The zero-order valence-corrected chi connectivity index (χ0v) is 11.2. The third-order valence-corrected chi connectivity index (χ3v) is 3.37. The molecular weight excluding hydrogens is 258 g/mol. The van der Waals surface area contributed by atoms with Crippen LogP contribution < -0.4 is 16.4 Å². The van der Waals surface area contributed by atoms with E-state index in [0.717, 1.165) is 17.2 Å². The number of aryl methyl sites for hydroxylation is 1. The molecule has 0 aliphatic carbocycles. The molecular formula is C10H17N3O4S. The lowest BCUT2D eigenvalue weighted by Gasteiger charge is -2.08. The molecule has 0 saturated heterocycles. The van der Waals surface area contributed by atoms with Crippen LogP contribution in [0.2, 0.25) is 0 Å². The van der Waals surface area contributed by atoms with Gasteiger partial charge in [-0.25, -0.2) is 18.4 Å². The lowest BCUT2D eigenvalue weighted by atomic mass is 10.1. The van der Waals surface area contributed by atoms with Gasteiger partial charge in [0.05, 0.1) is 0 Å². The molecule has 0 aliphatic heterocycles. The van der Waals surface area contributed by atoms with Crippen molar-refractivity contribution in [3.63, 3.8) is 0 Å². The van der Waals surface area contributed by atoms with E-state index in [9.17, 15) is 18.0 Å². The van der Waals surface area contributed by atoms with Gasteiger partial charge in [0.15, 0.2) is 4.90 Å². The van der Waals surface area contributed by atoms with Crippen LogP contribution >= 0.6 is 0 Å². The number of aromatic nitrogens is 2. The molecule has 7 nitrogen and oxygen atoms in total. The molecule has 1 rings (SSSR count). The highest BCUT2D eigenvalue weighted by Gasteiger charge is 2.15. The van der Waals surface area contributed by atoms with Crippen LogP contribution in [-0.4, -0.2) is 18.0 Å². The Hall–Kier alpha value is -1.41. The summed E-state index contributed by atoms with van der Waals surface area (Å²) in [6.07, 6.45) is 2.61. The van der Waals surface area contributed by atoms with Crippen LogP contribution in [0, 0.1) is 5.92 Å². The first kappa shape index (κ1) is 14.7. The molecule has 0 fully saturated rings. The van der Waals surface area contributed by atoms with Gasteiger partial charge in [0.2, 0.25) is 10.0 Å². The predicted molar refractivity (Wildman–Crippen MR) is 66.8 cm³/mol. The quantitative estimate of drug-likeness (QED) is 0.762. The van der Waals surface area contributed by atoms with Crippen molar-refractivity contribution in [3.8, 4) is 0 Å². The number of hydrogen-bond donors (Lipinski definition) is 2. The van der Waals surface area contributed by atoms with E-state index >= 15 is 0 Å². The maximum absolute atomic E-state index is 11.5. The Morgan fingerprint density at radius 2 is 2.00 bits per heavy atom. The van der Waals surface area contributed by atoms with Gasteiger partial charge in [-0.1, -0.05) is 13.8 Å². The minimum atomic E-state index is -4.12. The van der Waals surface area contributed by atoms with Crippen LogP contribution in [0.15, 0.2) is 20.7 Å². The Labute approximate surface area is 105 Å². The van der Waals surface area contributed by atoms with Crippen LogP contribution in [-0.2, 0) is 16.6 Å². The summed E-state index contributed by atoms with van der Waals surface area (Å²) >= 11 is 0. The van der Waals surface area contributed by atoms with Crippen molar-refractivity contribution in [3.05, 3.63) is 27.0 Å². The molecule has 0 atom stereocenters. The fourth-order valence-electron chi connectivity index (χ4n) is 1.53. The first-order valence-electron chi connectivity index (χ1n) is 5.58. The van der Waals surface area contributed by atoms with Crippen molar-refractivity contribution in [1.29, 1.82) is 0 Å². The lowest BCUT2D eigenvalue weighted by Crippen LogP contribution is -2.34. The van der Waals surface area contributed by atoms with Crippen LogP contribution in [0.25, 0.3) is 0 Å². The summed E-state index contributed by atoms with van der Waals surface area (Å²) in [5, 5.41) is 4.89. The van der Waals surface area contributed by atoms with Gasteiger partial charge < -0.3 is 0 Å². The first-order chi connectivity index (χ1) is 8.21. The fourth-order valence-corrected chi connectivity index (χ4v) is 2.11. The summed E-state index contributed by atoms with van der Waals surface area (Å²) in [7, 11) is -4.12. The average molecular weight is 275 g/mol. The van der Waals surface area contributed by atoms with E-state index in [2.05, 4.69) is 0 Å². The largest absolute Gasteiger partial charge is 0.328 e. The van der Waals surface area contributed by atoms with E-state index < -0.39 is 26.2 Å². The number of nitrogens with one attached hydrogen (secondary N) is 1. The number of rotatable bonds is 5. The maximum atomic E-state index is 11.5. The van der Waals surface area contributed by atoms with Crippen LogP contribution in [0.3, 0.4) is 0 Å². The van der Waals surface area contributed by atoms with Crippen molar-refractivity contribution >= 4 is 10.0 Å². The van der Waals surface area contributed by atoms with Gasteiger partial charge in [0, 0.05) is 12.7 Å². The molecule has 8 heteroatoms. The summed E-state index contributed by atoms with van der Waals surface area (Å²) in [5.41, 5.74) is -1.61. The van der Waals surface area contributed by atoms with Crippen molar-refractivity contribution in [1.82, 2.24) is 9.55 Å². The van der Waals surface area contributed by atoms with Crippen molar-refractivity contribution in [2.45, 2.75) is 38.1 Å². The van der Waals surface area contributed by atoms with Gasteiger partial charge in [-0.05, 0) is 18.8 Å². The van der Waals surface area contributed by atoms with E-state index in [1.165, 1.54) is 0 Å². The normalized spacial score (nSPS) is 12.0. The topological polar surface area (TPSA) is 115 Å². The van der Waals surface area contributed by atoms with Crippen LogP contribution in [0.1, 0.15) is 26.7 Å². The second-order valence-corrected chi connectivity index (χ2v) is 6.06. The molecule has 0 aliphatic rings. The summed E-state index contributed by atoms with van der Waals surface area (Å²) < 4.78 is 23.4. The molecule has 1 aromatic heterocycles. The Balaban J connectivity index is 3.07. The molecule has 0 bridgehead atoms. The molecule has 1 aromatic rings. The van der Waals surface area contributed by atoms with Crippen LogP contribution in [0.4, 0.5) is 0 Å². The van der Waals surface area contributed by atoms with Gasteiger partial charge in [0.1, 0.15) is 0 Å². The molecule has 1 heterocycles. The number of sulfonamides is 1. The molecule has 0 spiro atoms. The summed E-state index contributed by atoms with van der Waals surface area (Å²) in [4.78, 5) is 24.1. The highest BCUT2D eigenvalue weighted by molar-refractivity contribution is 7.89. The highest BCUT2D eigenvalue weighted by atomic mass is 32.2. The zero-order chi connectivity index (χ0) is 13.9. The zero-order valence-electron chi connectivity index (χ0n) is 10.3. The molecule has 0 unspecified atom stereocenters. The molecule has 0 radical (unpaired) electrons. The average Bonchev–Trinajstić information content (AvgIpc) is 2.18. The molecule has 0 saturated carbocycles. The standard InChI is InChI=1S/C10H17N3O4S/c1-7(2)4-3-5-13-6-8(18(11,16)17)9(14)12-10(13)15/h6-7H,3-5H2,1-2H3,(H2,11,16,17)(H,12,14,15). The third kappa shape index (κ3) is 3.81. The van der Waals surface area contributed by atoms with Gasteiger partial charge in [0.25, 0.3) is 5.56 Å². The van der Waals surface area contributed by atoms with E-state index in [-0.39, 0.29) is 0 Å². The number of primary sulfonamides is 1. The second kappa shape index (κ2) is 5.49. The number of nitrogens with zero attached hydrogens (tertiary/aromatic N) is 1. The lowest BCUT2D eigenvalue weighted by molar-refractivity contribution is 0.497. The van der Waals surface area contributed by atoms with Crippen molar-refractivity contribution in [2.75, 3.05) is 0 Å².